The number of nitrogens with zero attached hydrogens (tertiary/aromatic N) is 3. The lowest BCUT2D eigenvalue weighted by molar-refractivity contribution is -0.384. The first-order valence-corrected chi connectivity index (χ1v) is 20.3. The van der Waals surface area contributed by atoms with Crippen LogP contribution in [-0.2, 0) is 29.5 Å². The number of carbonyl (C=O) groups excluding carboxylic acids is 2. The van der Waals surface area contributed by atoms with E-state index in [0.29, 0.717) is 32.3 Å². The van der Waals surface area contributed by atoms with Gasteiger partial charge < -0.3 is 14.8 Å². The maximum Gasteiger partial charge on any atom is 0.408 e. The number of non-ortho nitro benzene ring substituents is 1. The molecule has 17 heteroatoms. The van der Waals surface area contributed by atoms with Gasteiger partial charge in [0.05, 0.1) is 32.9 Å². The van der Waals surface area contributed by atoms with Crippen LogP contribution in [0.15, 0.2) is 115 Å². The molecule has 14 nitrogen and oxygen atoms in total. The number of fused-ring (bicyclic) bond motifs is 1. The van der Waals surface area contributed by atoms with Crippen LogP contribution >= 0.6 is 15.9 Å². The number of nitrogens with one attached hydrogen (secondary N) is 1. The van der Waals surface area contributed by atoms with Crippen LogP contribution in [0.5, 0.6) is 0 Å². The number of benzene rings is 3. The highest BCUT2D eigenvalue weighted by atomic mass is 79.9. The van der Waals surface area contributed by atoms with Gasteiger partial charge in [0.1, 0.15) is 5.60 Å². The number of nitro groups is 1. The first-order chi connectivity index (χ1) is 24.9. The Kier molecular flexibility index (Phi) is 10.7. The molecule has 0 fully saturated rings. The number of hydrogen-bond donors (Lipinski definition) is 1. The highest BCUT2D eigenvalue weighted by Crippen LogP contribution is 2.44. The summed E-state index contributed by atoms with van der Waals surface area (Å²) in [6.45, 7) is 4.48. The summed E-state index contributed by atoms with van der Waals surface area (Å²) in [6.07, 6.45) is -0.560. The first kappa shape index (κ1) is 38.3. The van der Waals surface area contributed by atoms with E-state index in [2.05, 4.69) is 21.2 Å². The number of alkyl carbamates (subject to hydrolysis) is 1. The van der Waals surface area contributed by atoms with Gasteiger partial charge in [-0.15, -0.1) is 0 Å². The second-order valence-electron chi connectivity index (χ2n) is 13.8. The number of amides is 1. The van der Waals surface area contributed by atoms with Gasteiger partial charge in [0.15, 0.2) is 0 Å². The van der Waals surface area contributed by atoms with E-state index in [1.165, 1.54) is 20.7 Å². The van der Waals surface area contributed by atoms with Crippen LogP contribution in [0.3, 0.4) is 0 Å². The lowest BCUT2D eigenvalue weighted by atomic mass is 9.76. The van der Waals surface area contributed by atoms with E-state index >= 15 is 0 Å². The Balaban J connectivity index is 1.40. The number of halogens is 1. The van der Waals surface area contributed by atoms with Crippen molar-refractivity contribution in [3.05, 3.63) is 121 Å². The van der Waals surface area contributed by atoms with Crippen LogP contribution in [0.1, 0.15) is 37.6 Å². The second-order valence-corrected chi connectivity index (χ2v) is 18.6. The summed E-state index contributed by atoms with van der Waals surface area (Å²) >= 11 is 3.34. The minimum absolute atomic E-state index is 0.0304. The SMILES string of the molecule is CC(C)(C)OC(=O)N[C@@H]1CN(S(=O)(=O)c2ccc([N+](=O)[O-])cc2)CC2=C1C[C@H](COC(=O)c1ccccc1)C1=C2CN(S(=O)(=O)c2ccc(Br)cc2)C1. The summed E-state index contributed by atoms with van der Waals surface area (Å²) in [5, 5.41) is 14.1. The zero-order valence-corrected chi connectivity index (χ0v) is 32.2. The van der Waals surface area contributed by atoms with Crippen molar-refractivity contribution in [2.75, 3.05) is 32.8 Å². The van der Waals surface area contributed by atoms with Gasteiger partial charge in [0.2, 0.25) is 20.0 Å². The van der Waals surface area contributed by atoms with Gasteiger partial charge in [0, 0.05) is 48.7 Å². The molecule has 3 aromatic rings. The van der Waals surface area contributed by atoms with Gasteiger partial charge in [-0.2, -0.15) is 8.61 Å². The van der Waals surface area contributed by atoms with E-state index < -0.39 is 54.6 Å². The lowest BCUT2D eigenvalue weighted by Gasteiger charge is -2.40. The first-order valence-electron chi connectivity index (χ1n) is 16.6. The molecule has 3 aliphatic rings. The number of nitro benzene ring substituents is 1. The molecule has 6 rings (SSSR count). The number of esters is 1. The molecule has 0 saturated carbocycles. The molecule has 280 valence electrons. The van der Waals surface area contributed by atoms with Crippen molar-refractivity contribution in [2.45, 2.75) is 48.6 Å². The van der Waals surface area contributed by atoms with Gasteiger partial charge in [-0.1, -0.05) is 34.1 Å². The fraction of sp³-hybridized carbons (Fsp3) is 0.333. The molecule has 0 unspecified atom stereocenters. The number of carbonyl (C=O) groups is 2. The fourth-order valence-corrected chi connectivity index (χ4v) is 9.74. The predicted molar refractivity (Wildman–Crippen MR) is 197 cm³/mol. The third-order valence-electron chi connectivity index (χ3n) is 9.17. The number of hydrogen-bond acceptors (Lipinski definition) is 10. The van der Waals surface area contributed by atoms with Gasteiger partial charge in [-0.05, 0) is 98.0 Å². The molecule has 2 aliphatic heterocycles. The normalized spacial score (nSPS) is 19.7. The molecule has 1 aliphatic carbocycles. The molecule has 0 bridgehead atoms. The maximum absolute atomic E-state index is 14.1. The van der Waals surface area contributed by atoms with Gasteiger partial charge >= 0.3 is 12.1 Å². The van der Waals surface area contributed by atoms with E-state index in [0.717, 1.165) is 24.3 Å². The molecule has 1 amide bonds. The van der Waals surface area contributed by atoms with Crippen molar-refractivity contribution in [2.24, 2.45) is 5.92 Å². The summed E-state index contributed by atoms with van der Waals surface area (Å²) < 4.78 is 70.7. The molecule has 53 heavy (non-hydrogen) atoms. The van der Waals surface area contributed by atoms with Crippen molar-refractivity contribution in [1.82, 2.24) is 13.9 Å². The van der Waals surface area contributed by atoms with E-state index in [-0.39, 0.29) is 54.7 Å². The number of ether oxygens (including phenoxy) is 2. The minimum atomic E-state index is -4.29. The van der Waals surface area contributed by atoms with Crippen molar-refractivity contribution in [1.29, 1.82) is 0 Å². The number of rotatable bonds is 9. The Labute approximate surface area is 315 Å². The Morgan fingerprint density at radius 2 is 1.42 bits per heavy atom. The Morgan fingerprint density at radius 1 is 0.849 bits per heavy atom. The summed E-state index contributed by atoms with van der Waals surface area (Å²) in [4.78, 5) is 36.8. The quantitative estimate of drug-likeness (QED) is 0.166. The highest BCUT2D eigenvalue weighted by molar-refractivity contribution is 9.10. The molecule has 2 heterocycles. The molecule has 2 atom stereocenters. The van der Waals surface area contributed by atoms with Crippen molar-refractivity contribution >= 4 is 53.7 Å². The minimum Gasteiger partial charge on any atom is -0.461 e. The van der Waals surface area contributed by atoms with Gasteiger partial charge in [0.25, 0.3) is 5.69 Å². The fourth-order valence-electron chi connectivity index (χ4n) is 6.67. The molecule has 0 radical (unpaired) electrons. The molecule has 3 aromatic carbocycles. The summed E-state index contributed by atoms with van der Waals surface area (Å²) in [7, 11) is -8.32. The van der Waals surface area contributed by atoms with Crippen molar-refractivity contribution in [3.63, 3.8) is 0 Å². The van der Waals surface area contributed by atoms with Crippen LogP contribution < -0.4 is 5.32 Å². The third kappa shape index (κ3) is 8.23. The topological polar surface area (TPSA) is 183 Å². The zero-order valence-electron chi connectivity index (χ0n) is 29.0. The van der Waals surface area contributed by atoms with Crippen LogP contribution in [0.4, 0.5) is 10.5 Å². The van der Waals surface area contributed by atoms with Gasteiger partial charge in [-0.25, -0.2) is 26.4 Å². The van der Waals surface area contributed by atoms with E-state index in [4.69, 9.17) is 9.47 Å². The Bertz CT molecular complexity index is 2220. The second kappa shape index (κ2) is 14.8. The van der Waals surface area contributed by atoms with Crippen molar-refractivity contribution < 1.29 is 40.8 Å². The monoisotopic (exact) mass is 828 g/mol. The van der Waals surface area contributed by atoms with Crippen LogP contribution in [0.2, 0.25) is 0 Å². The largest absolute Gasteiger partial charge is 0.461 e. The standard InChI is InChI=1S/C36H37BrN4O10S2/c1-36(2,3)51-35(43)38-33-21-40(53(48,49)28-15-11-26(12-16-28)41(44)45)19-31-29(33)17-24(22-50-34(42)23-7-5-4-6-8-23)30-18-39(20-32(30)31)52(46,47)27-13-9-25(37)10-14-27/h4-16,24,33H,17-22H2,1-3H3,(H,38,43)/t24-,33-/m1/s1. The summed E-state index contributed by atoms with van der Waals surface area (Å²) in [6, 6.07) is 18.2. The predicted octanol–water partition coefficient (Wildman–Crippen LogP) is 5.43. The molecule has 1 N–H and O–H groups in total. The highest BCUT2D eigenvalue weighted by Gasteiger charge is 2.45. The summed E-state index contributed by atoms with van der Waals surface area (Å²) in [5.41, 5.74) is 1.65. The maximum atomic E-state index is 14.1. The molecular formula is C36H37BrN4O10S2. The van der Waals surface area contributed by atoms with E-state index in [1.54, 1.807) is 63.2 Å². The average molecular weight is 830 g/mol. The van der Waals surface area contributed by atoms with Crippen LogP contribution in [0, 0.1) is 16.0 Å². The molecular weight excluding hydrogens is 792 g/mol. The third-order valence-corrected chi connectivity index (χ3v) is 13.3. The Hall–Kier alpha value is -4.42. The zero-order chi connectivity index (χ0) is 38.3. The lowest BCUT2D eigenvalue weighted by Crippen LogP contribution is -2.53. The van der Waals surface area contributed by atoms with Gasteiger partial charge in [-0.3, -0.25) is 10.1 Å². The van der Waals surface area contributed by atoms with E-state index in [1.807, 2.05) is 0 Å². The molecule has 0 spiro atoms. The Morgan fingerprint density at radius 3 is 2.02 bits per heavy atom. The van der Waals surface area contributed by atoms with E-state index in [9.17, 15) is 36.5 Å². The summed E-state index contributed by atoms with van der Waals surface area (Å²) in [5.74, 6) is -1.06. The smallest absolute Gasteiger partial charge is 0.408 e. The average Bonchev–Trinajstić information content (AvgIpc) is 3.58. The van der Waals surface area contributed by atoms with Crippen LogP contribution in [-0.4, -0.2) is 86.9 Å². The van der Waals surface area contributed by atoms with Crippen LogP contribution in [0.25, 0.3) is 0 Å². The number of sulfonamides is 2. The van der Waals surface area contributed by atoms with Crippen molar-refractivity contribution in [3.8, 4) is 0 Å². The molecule has 0 saturated heterocycles. The molecule has 0 aromatic heterocycles.